The highest BCUT2D eigenvalue weighted by Gasteiger charge is 2.29. The lowest BCUT2D eigenvalue weighted by Crippen LogP contribution is -2.25. The van der Waals surface area contributed by atoms with Gasteiger partial charge in [-0.05, 0) is 62.1 Å². The third-order valence-corrected chi connectivity index (χ3v) is 5.30. The molecule has 2 aromatic heterocycles. The first-order chi connectivity index (χ1) is 12.7. The average Bonchev–Trinajstić information content (AvgIpc) is 3.46. The van der Waals surface area contributed by atoms with Gasteiger partial charge in [0.1, 0.15) is 0 Å². The Labute approximate surface area is 153 Å². The minimum atomic E-state index is 0.0954. The van der Waals surface area contributed by atoms with Gasteiger partial charge in [-0.2, -0.15) is 0 Å². The molecule has 0 unspecified atom stereocenters. The van der Waals surface area contributed by atoms with Crippen molar-refractivity contribution in [1.82, 2.24) is 19.0 Å². The summed E-state index contributed by atoms with van der Waals surface area (Å²) in [7, 11) is 0. The van der Waals surface area contributed by atoms with Gasteiger partial charge in [0.2, 0.25) is 0 Å². The summed E-state index contributed by atoms with van der Waals surface area (Å²) in [5.41, 5.74) is 4.76. The Kier molecular flexibility index (Phi) is 4.64. The molecule has 0 spiro atoms. The Balaban J connectivity index is 1.64. The van der Waals surface area contributed by atoms with E-state index in [4.69, 9.17) is 0 Å². The summed E-state index contributed by atoms with van der Waals surface area (Å²) in [6.07, 6.45) is 6.28. The SMILES string of the molecule is CCn1c(=O)n(CC)c2cc(CN(Cc3ccncc3)C3CC3)ccc21. The van der Waals surface area contributed by atoms with Gasteiger partial charge in [0.25, 0.3) is 0 Å². The van der Waals surface area contributed by atoms with Gasteiger partial charge in [-0.1, -0.05) is 6.07 Å². The Morgan fingerprint density at radius 3 is 2.27 bits per heavy atom. The van der Waals surface area contributed by atoms with Crippen LogP contribution < -0.4 is 5.69 Å². The van der Waals surface area contributed by atoms with Gasteiger partial charge >= 0.3 is 5.69 Å². The van der Waals surface area contributed by atoms with Crippen LogP contribution in [0.25, 0.3) is 11.0 Å². The van der Waals surface area contributed by atoms with Crippen molar-refractivity contribution in [2.24, 2.45) is 0 Å². The van der Waals surface area contributed by atoms with Crippen LogP contribution in [-0.2, 0) is 26.2 Å². The molecule has 4 rings (SSSR count). The largest absolute Gasteiger partial charge is 0.329 e. The van der Waals surface area contributed by atoms with Crippen LogP contribution in [0.15, 0.2) is 47.5 Å². The van der Waals surface area contributed by atoms with Gasteiger partial charge in [0.15, 0.2) is 0 Å². The van der Waals surface area contributed by atoms with E-state index in [2.05, 4.69) is 40.2 Å². The van der Waals surface area contributed by atoms with Gasteiger partial charge in [0.05, 0.1) is 11.0 Å². The molecule has 0 bridgehead atoms. The van der Waals surface area contributed by atoms with Crippen LogP contribution in [0.4, 0.5) is 0 Å². The highest BCUT2D eigenvalue weighted by molar-refractivity contribution is 5.77. The highest BCUT2D eigenvalue weighted by atomic mass is 16.1. The lowest BCUT2D eigenvalue weighted by Gasteiger charge is -2.22. The lowest BCUT2D eigenvalue weighted by molar-refractivity contribution is 0.246. The van der Waals surface area contributed by atoms with Crippen LogP contribution in [0.5, 0.6) is 0 Å². The first-order valence-electron chi connectivity index (χ1n) is 9.56. The second kappa shape index (κ2) is 7.08. The van der Waals surface area contributed by atoms with E-state index < -0.39 is 0 Å². The topological polar surface area (TPSA) is 43.1 Å². The zero-order chi connectivity index (χ0) is 18.1. The van der Waals surface area contributed by atoms with Crippen molar-refractivity contribution in [1.29, 1.82) is 0 Å². The number of hydrogen-bond donors (Lipinski definition) is 0. The predicted molar refractivity (Wildman–Crippen MR) is 104 cm³/mol. The van der Waals surface area contributed by atoms with E-state index in [0.29, 0.717) is 19.1 Å². The number of nitrogens with zero attached hydrogens (tertiary/aromatic N) is 4. The smallest absolute Gasteiger partial charge is 0.292 e. The Hall–Kier alpha value is -2.40. The van der Waals surface area contributed by atoms with Crippen LogP contribution in [0.2, 0.25) is 0 Å². The van der Waals surface area contributed by atoms with Crippen molar-refractivity contribution in [3.63, 3.8) is 0 Å². The fourth-order valence-electron chi connectivity index (χ4n) is 3.79. The molecule has 26 heavy (non-hydrogen) atoms. The van der Waals surface area contributed by atoms with E-state index in [1.807, 2.05) is 35.4 Å². The summed E-state index contributed by atoms with van der Waals surface area (Å²) < 4.78 is 3.74. The molecule has 0 atom stereocenters. The van der Waals surface area contributed by atoms with E-state index >= 15 is 0 Å². The maximum atomic E-state index is 12.6. The lowest BCUT2D eigenvalue weighted by atomic mass is 10.1. The van der Waals surface area contributed by atoms with Gasteiger partial charge in [-0.3, -0.25) is 19.0 Å². The van der Waals surface area contributed by atoms with Crippen LogP contribution in [0.3, 0.4) is 0 Å². The second-order valence-electron chi connectivity index (χ2n) is 7.09. The van der Waals surface area contributed by atoms with Crippen molar-refractivity contribution < 1.29 is 0 Å². The molecule has 1 saturated carbocycles. The fraction of sp³-hybridized carbons (Fsp3) is 0.429. The molecule has 136 valence electrons. The van der Waals surface area contributed by atoms with E-state index in [1.165, 1.54) is 24.0 Å². The fourth-order valence-corrected chi connectivity index (χ4v) is 3.79. The molecule has 5 heteroatoms. The normalized spacial score (nSPS) is 14.4. The standard InChI is InChI=1S/C21H26N4O/c1-3-24-19-8-5-17(13-20(19)25(4-2)21(24)26)15-23(18-6-7-18)14-16-9-11-22-12-10-16/h5,8-13,18H,3-4,6-7,14-15H2,1-2H3. The number of rotatable bonds is 7. The molecule has 5 nitrogen and oxygen atoms in total. The quantitative estimate of drug-likeness (QED) is 0.656. The monoisotopic (exact) mass is 350 g/mol. The third kappa shape index (κ3) is 3.19. The number of imidazole rings is 1. The Bertz CT molecular complexity index is 953. The van der Waals surface area contributed by atoms with Crippen molar-refractivity contribution in [3.8, 4) is 0 Å². The molecule has 1 aromatic carbocycles. The van der Waals surface area contributed by atoms with E-state index in [0.717, 1.165) is 24.1 Å². The zero-order valence-corrected chi connectivity index (χ0v) is 15.6. The molecule has 1 aliphatic carbocycles. The predicted octanol–water partition coefficient (Wildman–Crippen LogP) is 3.40. The first-order valence-corrected chi connectivity index (χ1v) is 9.56. The number of benzene rings is 1. The minimum Gasteiger partial charge on any atom is -0.292 e. The first kappa shape index (κ1) is 17.0. The highest BCUT2D eigenvalue weighted by Crippen LogP contribution is 2.30. The molecule has 0 radical (unpaired) electrons. The van der Waals surface area contributed by atoms with E-state index in [1.54, 1.807) is 0 Å². The summed E-state index contributed by atoms with van der Waals surface area (Å²) >= 11 is 0. The zero-order valence-electron chi connectivity index (χ0n) is 15.6. The maximum Gasteiger partial charge on any atom is 0.329 e. The Morgan fingerprint density at radius 1 is 0.962 bits per heavy atom. The van der Waals surface area contributed by atoms with Crippen LogP contribution in [0, 0.1) is 0 Å². The number of fused-ring (bicyclic) bond motifs is 1. The molecular weight excluding hydrogens is 324 g/mol. The molecule has 1 fully saturated rings. The summed E-state index contributed by atoms with van der Waals surface area (Å²) in [6, 6.07) is 11.3. The van der Waals surface area contributed by atoms with Crippen molar-refractivity contribution >= 4 is 11.0 Å². The Morgan fingerprint density at radius 2 is 1.62 bits per heavy atom. The second-order valence-corrected chi connectivity index (χ2v) is 7.09. The molecule has 0 amide bonds. The summed E-state index contributed by atoms with van der Waals surface area (Å²) in [5, 5.41) is 0. The van der Waals surface area contributed by atoms with Crippen molar-refractivity contribution in [3.05, 3.63) is 64.3 Å². The molecule has 0 aliphatic heterocycles. The van der Waals surface area contributed by atoms with Crippen molar-refractivity contribution in [2.75, 3.05) is 0 Å². The minimum absolute atomic E-state index is 0.0954. The molecular formula is C21H26N4O. The number of aryl methyl sites for hydroxylation is 2. The van der Waals surface area contributed by atoms with Gasteiger partial charge in [0, 0.05) is 44.6 Å². The summed E-state index contributed by atoms with van der Waals surface area (Å²) in [6.45, 7) is 7.33. The maximum absolute atomic E-state index is 12.6. The van der Waals surface area contributed by atoms with Crippen LogP contribution >= 0.6 is 0 Å². The average molecular weight is 350 g/mol. The van der Waals surface area contributed by atoms with Gasteiger partial charge < -0.3 is 0 Å². The summed E-state index contributed by atoms with van der Waals surface area (Å²) in [4.78, 5) is 19.2. The summed E-state index contributed by atoms with van der Waals surface area (Å²) in [5.74, 6) is 0. The molecule has 3 aromatic rings. The number of pyridine rings is 1. The van der Waals surface area contributed by atoms with Crippen LogP contribution in [-0.4, -0.2) is 25.1 Å². The third-order valence-electron chi connectivity index (χ3n) is 5.30. The number of aromatic nitrogens is 3. The molecule has 0 saturated heterocycles. The van der Waals surface area contributed by atoms with E-state index in [-0.39, 0.29) is 5.69 Å². The molecule has 0 N–H and O–H groups in total. The molecule has 2 heterocycles. The van der Waals surface area contributed by atoms with Crippen molar-refractivity contribution in [2.45, 2.75) is 58.9 Å². The molecule has 1 aliphatic rings. The van der Waals surface area contributed by atoms with Gasteiger partial charge in [-0.25, -0.2) is 4.79 Å². The van der Waals surface area contributed by atoms with Crippen LogP contribution in [0.1, 0.15) is 37.8 Å². The van der Waals surface area contributed by atoms with Gasteiger partial charge in [-0.15, -0.1) is 0 Å². The number of hydrogen-bond acceptors (Lipinski definition) is 3. The van der Waals surface area contributed by atoms with E-state index in [9.17, 15) is 4.79 Å².